The topological polar surface area (TPSA) is 24.9 Å². The summed E-state index contributed by atoms with van der Waals surface area (Å²) in [7, 11) is 2.01. The third-order valence-electron chi connectivity index (χ3n) is 2.76. The maximum atomic E-state index is 4.12. The van der Waals surface area contributed by atoms with Gasteiger partial charge in [0.05, 0.1) is 5.51 Å². The molecule has 0 saturated carbocycles. The smallest absolute Gasteiger partial charge is 0.0794 e. The Bertz CT molecular complexity index is 437. The van der Waals surface area contributed by atoms with E-state index in [0.717, 1.165) is 6.42 Å². The first-order chi connectivity index (χ1) is 8.33. The zero-order valence-electron chi connectivity index (χ0n) is 10.0. The number of hydrogen-bond acceptors (Lipinski definition) is 4. The van der Waals surface area contributed by atoms with Gasteiger partial charge in [-0.05, 0) is 31.0 Å². The van der Waals surface area contributed by atoms with E-state index in [1.54, 1.807) is 23.1 Å². The predicted octanol–water partition coefficient (Wildman–Crippen LogP) is 3.37. The fourth-order valence-corrected chi connectivity index (χ4v) is 2.82. The van der Waals surface area contributed by atoms with Crippen LogP contribution in [0.25, 0.3) is 0 Å². The first kappa shape index (κ1) is 12.6. The van der Waals surface area contributed by atoms with Crippen LogP contribution in [0.1, 0.15) is 16.5 Å². The molecule has 0 spiro atoms. The van der Waals surface area contributed by atoms with Gasteiger partial charge in [-0.25, -0.2) is 0 Å². The van der Waals surface area contributed by atoms with Gasteiger partial charge < -0.3 is 5.32 Å². The van der Waals surface area contributed by atoms with Crippen molar-refractivity contribution in [1.29, 1.82) is 0 Å². The number of thiazole rings is 1. The summed E-state index contributed by atoms with van der Waals surface area (Å²) in [6.45, 7) is 0. The van der Waals surface area contributed by atoms with Crippen LogP contribution in [-0.2, 0) is 6.42 Å². The quantitative estimate of drug-likeness (QED) is 0.838. The van der Waals surface area contributed by atoms with Crippen molar-refractivity contribution in [2.75, 3.05) is 13.3 Å². The molecule has 1 unspecified atom stereocenters. The summed E-state index contributed by atoms with van der Waals surface area (Å²) in [5, 5.41) is 3.37. The summed E-state index contributed by atoms with van der Waals surface area (Å²) in [6.07, 6.45) is 5.05. The minimum atomic E-state index is 0.367. The van der Waals surface area contributed by atoms with Gasteiger partial charge in [0.15, 0.2) is 0 Å². The Hall–Kier alpha value is -0.840. The van der Waals surface area contributed by atoms with Gasteiger partial charge >= 0.3 is 0 Å². The summed E-state index contributed by atoms with van der Waals surface area (Å²) in [5.74, 6) is 0. The van der Waals surface area contributed by atoms with Crippen molar-refractivity contribution in [1.82, 2.24) is 10.3 Å². The average molecular weight is 264 g/mol. The predicted molar refractivity (Wildman–Crippen MR) is 75.8 cm³/mol. The Morgan fingerprint density at radius 2 is 2.12 bits per heavy atom. The van der Waals surface area contributed by atoms with Crippen LogP contribution in [0.2, 0.25) is 0 Å². The van der Waals surface area contributed by atoms with Gasteiger partial charge in [-0.3, -0.25) is 4.98 Å². The fraction of sp³-hybridized carbons (Fsp3) is 0.308. The SMILES string of the molecule is CNC(Cc1cncs1)c1ccc(SC)cc1. The van der Waals surface area contributed by atoms with Gasteiger partial charge in [0.1, 0.15) is 0 Å². The molecular weight excluding hydrogens is 248 g/mol. The molecule has 2 rings (SSSR count). The highest BCUT2D eigenvalue weighted by atomic mass is 32.2. The van der Waals surface area contributed by atoms with E-state index in [-0.39, 0.29) is 0 Å². The van der Waals surface area contributed by atoms with Crippen LogP contribution in [0.15, 0.2) is 40.9 Å². The average Bonchev–Trinajstić information content (AvgIpc) is 2.89. The molecule has 1 aromatic heterocycles. The van der Waals surface area contributed by atoms with Crippen molar-refractivity contribution in [3.05, 3.63) is 46.4 Å². The van der Waals surface area contributed by atoms with Crippen LogP contribution in [0.4, 0.5) is 0 Å². The summed E-state index contributed by atoms with van der Waals surface area (Å²) in [6, 6.07) is 9.13. The van der Waals surface area contributed by atoms with E-state index in [0.29, 0.717) is 6.04 Å². The van der Waals surface area contributed by atoms with Gasteiger partial charge in [0, 0.05) is 28.4 Å². The van der Waals surface area contributed by atoms with Crippen LogP contribution in [0, 0.1) is 0 Å². The van der Waals surface area contributed by atoms with Crippen LogP contribution >= 0.6 is 23.1 Å². The van der Waals surface area contributed by atoms with Crippen molar-refractivity contribution in [3.8, 4) is 0 Å². The molecule has 0 aliphatic rings. The maximum absolute atomic E-state index is 4.12. The molecule has 1 aromatic carbocycles. The van der Waals surface area contributed by atoms with Crippen molar-refractivity contribution >= 4 is 23.1 Å². The number of likely N-dealkylation sites (N-methyl/N-ethyl adjacent to an activating group) is 1. The number of hydrogen-bond donors (Lipinski definition) is 1. The fourth-order valence-electron chi connectivity index (χ4n) is 1.77. The van der Waals surface area contributed by atoms with E-state index in [2.05, 4.69) is 40.8 Å². The highest BCUT2D eigenvalue weighted by Crippen LogP contribution is 2.22. The van der Waals surface area contributed by atoms with E-state index in [9.17, 15) is 0 Å². The molecule has 0 radical (unpaired) electrons. The minimum absolute atomic E-state index is 0.367. The van der Waals surface area contributed by atoms with E-state index in [4.69, 9.17) is 0 Å². The van der Waals surface area contributed by atoms with Crippen molar-refractivity contribution in [2.45, 2.75) is 17.4 Å². The lowest BCUT2D eigenvalue weighted by molar-refractivity contribution is 0.596. The van der Waals surface area contributed by atoms with Crippen molar-refractivity contribution in [2.24, 2.45) is 0 Å². The lowest BCUT2D eigenvalue weighted by Gasteiger charge is -2.15. The largest absolute Gasteiger partial charge is 0.313 e. The first-order valence-corrected chi connectivity index (χ1v) is 7.62. The lowest BCUT2D eigenvalue weighted by Crippen LogP contribution is -2.18. The zero-order valence-corrected chi connectivity index (χ0v) is 11.6. The number of nitrogens with one attached hydrogen (secondary N) is 1. The van der Waals surface area contributed by atoms with Gasteiger partial charge in [-0.1, -0.05) is 12.1 Å². The molecular formula is C13H16N2S2. The molecule has 0 bridgehead atoms. The van der Waals surface area contributed by atoms with E-state index >= 15 is 0 Å². The molecule has 0 aliphatic heterocycles. The van der Waals surface area contributed by atoms with Crippen LogP contribution in [0.3, 0.4) is 0 Å². The molecule has 4 heteroatoms. The molecule has 17 heavy (non-hydrogen) atoms. The number of aromatic nitrogens is 1. The molecule has 1 atom stereocenters. The number of nitrogens with zero attached hydrogens (tertiary/aromatic N) is 1. The molecule has 0 amide bonds. The summed E-state index contributed by atoms with van der Waals surface area (Å²) in [5.41, 5.74) is 3.22. The normalized spacial score (nSPS) is 12.6. The lowest BCUT2D eigenvalue weighted by atomic mass is 10.0. The standard InChI is InChI=1S/C13H16N2S2/c1-14-13(7-12-8-15-9-17-12)10-3-5-11(16-2)6-4-10/h3-6,8-9,13-14H,7H2,1-2H3. The molecule has 0 fully saturated rings. The Kier molecular flexibility index (Phi) is 4.59. The summed E-state index contributed by atoms with van der Waals surface area (Å²) < 4.78 is 0. The Morgan fingerprint density at radius 3 is 2.65 bits per heavy atom. The monoisotopic (exact) mass is 264 g/mol. The molecule has 90 valence electrons. The van der Waals surface area contributed by atoms with E-state index < -0.39 is 0 Å². The third-order valence-corrected chi connectivity index (χ3v) is 4.30. The Labute approximate surface area is 110 Å². The van der Waals surface area contributed by atoms with Crippen molar-refractivity contribution in [3.63, 3.8) is 0 Å². The van der Waals surface area contributed by atoms with Gasteiger partial charge in [0.25, 0.3) is 0 Å². The van der Waals surface area contributed by atoms with Gasteiger partial charge in [0.2, 0.25) is 0 Å². The van der Waals surface area contributed by atoms with Crippen LogP contribution in [0.5, 0.6) is 0 Å². The van der Waals surface area contributed by atoms with Crippen molar-refractivity contribution < 1.29 is 0 Å². The molecule has 2 aromatic rings. The second-order valence-corrected chi connectivity index (χ2v) is 5.64. The number of benzene rings is 1. The second-order valence-electron chi connectivity index (χ2n) is 3.79. The second kappa shape index (κ2) is 6.19. The number of rotatable bonds is 5. The molecule has 1 heterocycles. The zero-order chi connectivity index (χ0) is 12.1. The number of thioether (sulfide) groups is 1. The summed E-state index contributed by atoms with van der Waals surface area (Å²) >= 11 is 3.49. The first-order valence-electron chi connectivity index (χ1n) is 5.52. The molecule has 0 aliphatic carbocycles. The van der Waals surface area contributed by atoms with Crippen LogP contribution in [-0.4, -0.2) is 18.3 Å². The van der Waals surface area contributed by atoms with Gasteiger partial charge in [-0.2, -0.15) is 0 Å². The molecule has 1 N–H and O–H groups in total. The molecule has 2 nitrogen and oxygen atoms in total. The highest BCUT2D eigenvalue weighted by Gasteiger charge is 2.10. The van der Waals surface area contributed by atoms with E-state index in [1.165, 1.54) is 15.3 Å². The Morgan fingerprint density at radius 1 is 1.35 bits per heavy atom. The minimum Gasteiger partial charge on any atom is -0.313 e. The maximum Gasteiger partial charge on any atom is 0.0794 e. The molecule has 0 saturated heterocycles. The van der Waals surface area contributed by atoms with E-state index in [1.807, 2.05) is 18.8 Å². The van der Waals surface area contributed by atoms with Gasteiger partial charge in [-0.15, -0.1) is 23.1 Å². The third kappa shape index (κ3) is 3.31. The summed E-state index contributed by atoms with van der Waals surface area (Å²) in [4.78, 5) is 6.74. The highest BCUT2D eigenvalue weighted by molar-refractivity contribution is 7.98. The van der Waals surface area contributed by atoms with Crippen LogP contribution < -0.4 is 5.32 Å². The Balaban J connectivity index is 2.11.